The SMILES string of the molecule is O=c1c(Cc2ccccc2)cc2cnc3nc2n1C1CCCC1S3=O. The molecule has 126 valence electrons. The molecule has 1 fully saturated rings. The number of hydrogen-bond acceptors (Lipinski definition) is 4. The molecule has 1 aliphatic carbocycles. The number of hydrogen-bond donors (Lipinski definition) is 0. The molecular formula is C19H17N3O2S. The van der Waals surface area contributed by atoms with Crippen molar-refractivity contribution in [3.63, 3.8) is 0 Å². The van der Waals surface area contributed by atoms with Crippen molar-refractivity contribution in [2.75, 3.05) is 0 Å². The molecule has 0 amide bonds. The molecule has 1 saturated carbocycles. The molecule has 2 aromatic heterocycles. The van der Waals surface area contributed by atoms with Gasteiger partial charge in [-0.1, -0.05) is 36.8 Å². The van der Waals surface area contributed by atoms with E-state index in [1.165, 1.54) is 0 Å². The van der Waals surface area contributed by atoms with Gasteiger partial charge in [0.15, 0.2) is 0 Å². The first-order chi connectivity index (χ1) is 12.2. The van der Waals surface area contributed by atoms with Crippen LogP contribution in [-0.4, -0.2) is 24.0 Å². The highest BCUT2D eigenvalue weighted by atomic mass is 32.2. The summed E-state index contributed by atoms with van der Waals surface area (Å²) >= 11 is 0. The molecule has 1 aliphatic heterocycles. The molecule has 1 aromatic carbocycles. The summed E-state index contributed by atoms with van der Waals surface area (Å²) in [7, 11) is -1.24. The van der Waals surface area contributed by atoms with E-state index in [-0.39, 0.29) is 16.9 Å². The van der Waals surface area contributed by atoms with E-state index in [0.717, 1.165) is 35.8 Å². The monoisotopic (exact) mass is 351 g/mol. The van der Waals surface area contributed by atoms with Crippen molar-refractivity contribution in [1.29, 1.82) is 0 Å². The Morgan fingerprint density at radius 1 is 1.20 bits per heavy atom. The molecule has 3 atom stereocenters. The number of fused-ring (bicyclic) bond motifs is 3. The maximum atomic E-state index is 13.3. The quantitative estimate of drug-likeness (QED) is 0.666. The molecule has 5 nitrogen and oxygen atoms in total. The van der Waals surface area contributed by atoms with Crippen molar-refractivity contribution in [3.8, 4) is 0 Å². The van der Waals surface area contributed by atoms with Crippen molar-refractivity contribution >= 4 is 21.8 Å². The largest absolute Gasteiger partial charge is 0.288 e. The van der Waals surface area contributed by atoms with Gasteiger partial charge in [0, 0.05) is 23.6 Å². The van der Waals surface area contributed by atoms with Gasteiger partial charge in [0.05, 0.1) is 22.1 Å². The Kier molecular flexibility index (Phi) is 3.35. The lowest BCUT2D eigenvalue weighted by Crippen LogP contribution is -2.32. The molecule has 25 heavy (non-hydrogen) atoms. The Labute approximate surface area is 147 Å². The predicted octanol–water partition coefficient (Wildman–Crippen LogP) is 2.60. The average Bonchev–Trinajstić information content (AvgIpc) is 3.08. The van der Waals surface area contributed by atoms with Crippen LogP contribution in [0.2, 0.25) is 0 Å². The maximum absolute atomic E-state index is 13.3. The average molecular weight is 351 g/mol. The van der Waals surface area contributed by atoms with Gasteiger partial charge < -0.3 is 0 Å². The number of rotatable bonds is 2. The zero-order chi connectivity index (χ0) is 17.0. The Morgan fingerprint density at radius 3 is 2.88 bits per heavy atom. The minimum Gasteiger partial charge on any atom is -0.288 e. The molecule has 5 rings (SSSR count). The lowest BCUT2D eigenvalue weighted by Gasteiger charge is -2.19. The Hall–Kier alpha value is -2.34. The Balaban J connectivity index is 1.75. The first-order valence-corrected chi connectivity index (χ1v) is 9.79. The van der Waals surface area contributed by atoms with E-state index >= 15 is 0 Å². The van der Waals surface area contributed by atoms with Gasteiger partial charge in [-0.15, -0.1) is 0 Å². The normalized spacial score (nSPS) is 24.4. The van der Waals surface area contributed by atoms with E-state index in [2.05, 4.69) is 9.97 Å². The van der Waals surface area contributed by atoms with Gasteiger partial charge in [-0.25, -0.2) is 9.97 Å². The summed E-state index contributed by atoms with van der Waals surface area (Å²) in [5.74, 6) is 0. The topological polar surface area (TPSA) is 64.8 Å². The minimum absolute atomic E-state index is 0.00296. The summed E-state index contributed by atoms with van der Waals surface area (Å²) in [5, 5.41) is 1.15. The fourth-order valence-electron chi connectivity index (χ4n) is 4.10. The molecule has 3 unspecified atom stereocenters. The van der Waals surface area contributed by atoms with Gasteiger partial charge in [0.1, 0.15) is 5.65 Å². The molecule has 0 spiro atoms. The highest BCUT2D eigenvalue weighted by Crippen LogP contribution is 2.38. The second-order valence-electron chi connectivity index (χ2n) is 6.77. The second-order valence-corrected chi connectivity index (χ2v) is 8.34. The third-order valence-electron chi connectivity index (χ3n) is 5.27. The van der Waals surface area contributed by atoms with Crippen LogP contribution in [0.5, 0.6) is 0 Å². The van der Waals surface area contributed by atoms with E-state index in [4.69, 9.17) is 0 Å². The zero-order valence-corrected chi connectivity index (χ0v) is 14.4. The Bertz CT molecular complexity index is 1060. The number of pyridine rings is 1. The standard InChI is InChI=1S/C19H17N3O2S/c23-18-13(9-12-5-2-1-3-6-12)10-14-11-20-19-21-17(14)22(18)15-7-4-8-16(15)25(19)24/h1-3,5-6,10-11,15-16H,4,7-9H2. The Morgan fingerprint density at radius 2 is 2.04 bits per heavy atom. The van der Waals surface area contributed by atoms with E-state index < -0.39 is 10.8 Å². The maximum Gasteiger partial charge on any atom is 0.256 e. The van der Waals surface area contributed by atoms with Gasteiger partial charge in [-0.2, -0.15) is 0 Å². The van der Waals surface area contributed by atoms with Crippen molar-refractivity contribution in [3.05, 3.63) is 64.1 Å². The summed E-state index contributed by atoms with van der Waals surface area (Å²) in [6, 6.07) is 11.8. The first kappa shape index (κ1) is 15.0. The van der Waals surface area contributed by atoms with Crippen LogP contribution in [0, 0.1) is 0 Å². The van der Waals surface area contributed by atoms with Gasteiger partial charge >= 0.3 is 0 Å². The van der Waals surface area contributed by atoms with Crippen molar-refractivity contribution < 1.29 is 4.21 Å². The fraction of sp³-hybridized carbons (Fsp3) is 0.316. The lowest BCUT2D eigenvalue weighted by atomic mass is 10.0. The molecule has 3 aromatic rings. The van der Waals surface area contributed by atoms with Crippen LogP contribution < -0.4 is 5.56 Å². The van der Waals surface area contributed by atoms with Crippen LogP contribution in [0.15, 0.2) is 52.5 Å². The zero-order valence-electron chi connectivity index (χ0n) is 13.6. The molecule has 2 bridgehead atoms. The fourth-order valence-corrected chi connectivity index (χ4v) is 5.62. The van der Waals surface area contributed by atoms with Gasteiger partial charge in [-0.3, -0.25) is 13.6 Å². The third kappa shape index (κ3) is 2.28. The van der Waals surface area contributed by atoms with E-state index in [1.54, 1.807) is 10.8 Å². The molecule has 0 N–H and O–H groups in total. The highest BCUT2D eigenvalue weighted by molar-refractivity contribution is 7.85. The van der Waals surface area contributed by atoms with Crippen molar-refractivity contribution in [1.82, 2.24) is 14.5 Å². The molecule has 6 heteroatoms. The lowest BCUT2D eigenvalue weighted by molar-refractivity contribution is 0.518. The van der Waals surface area contributed by atoms with Gasteiger partial charge in [-0.05, 0) is 24.5 Å². The van der Waals surface area contributed by atoms with Crippen LogP contribution in [-0.2, 0) is 17.2 Å². The number of aromatic nitrogens is 3. The highest BCUT2D eigenvalue weighted by Gasteiger charge is 2.39. The van der Waals surface area contributed by atoms with Crippen LogP contribution in [0.3, 0.4) is 0 Å². The second kappa shape index (κ2) is 5.59. The van der Waals surface area contributed by atoms with Crippen molar-refractivity contribution in [2.45, 2.75) is 42.1 Å². The van der Waals surface area contributed by atoms with E-state index in [1.807, 2.05) is 36.4 Å². The minimum atomic E-state index is -1.24. The predicted molar refractivity (Wildman–Crippen MR) is 96.1 cm³/mol. The van der Waals surface area contributed by atoms with Crippen LogP contribution >= 0.6 is 0 Å². The summed E-state index contributed by atoms with van der Waals surface area (Å²) in [6.07, 6.45) is 5.01. The number of nitrogens with zero attached hydrogens (tertiary/aromatic N) is 3. The molecular weight excluding hydrogens is 334 g/mol. The third-order valence-corrected chi connectivity index (χ3v) is 6.92. The molecule has 2 aliphatic rings. The molecule has 0 radical (unpaired) electrons. The molecule has 3 heterocycles. The van der Waals surface area contributed by atoms with Gasteiger partial charge in [0.2, 0.25) is 5.16 Å². The van der Waals surface area contributed by atoms with Crippen LogP contribution in [0.4, 0.5) is 0 Å². The van der Waals surface area contributed by atoms with Gasteiger partial charge in [0.25, 0.3) is 5.56 Å². The summed E-state index contributed by atoms with van der Waals surface area (Å²) in [6.45, 7) is 0. The summed E-state index contributed by atoms with van der Waals surface area (Å²) in [4.78, 5) is 22.1. The smallest absolute Gasteiger partial charge is 0.256 e. The van der Waals surface area contributed by atoms with Crippen LogP contribution in [0.25, 0.3) is 11.0 Å². The summed E-state index contributed by atoms with van der Waals surface area (Å²) in [5.41, 5.74) is 2.48. The first-order valence-electron chi connectivity index (χ1n) is 8.58. The van der Waals surface area contributed by atoms with Crippen molar-refractivity contribution in [2.24, 2.45) is 0 Å². The molecule has 0 saturated heterocycles. The van der Waals surface area contributed by atoms with E-state index in [9.17, 15) is 9.00 Å². The van der Waals surface area contributed by atoms with E-state index in [0.29, 0.717) is 17.2 Å². The summed E-state index contributed by atoms with van der Waals surface area (Å²) < 4.78 is 14.6. The number of benzene rings is 1. The van der Waals surface area contributed by atoms with Crippen LogP contribution in [0.1, 0.15) is 36.4 Å².